The maximum Gasteiger partial charge on any atom is 0.257 e. The van der Waals surface area contributed by atoms with Crippen LogP contribution in [0.2, 0.25) is 0 Å². The van der Waals surface area contributed by atoms with Gasteiger partial charge in [-0.2, -0.15) is 0 Å². The van der Waals surface area contributed by atoms with E-state index in [9.17, 15) is 9.90 Å². The molecular weight excluding hydrogens is 242 g/mol. The van der Waals surface area contributed by atoms with E-state index in [1.54, 1.807) is 25.1 Å². The molecule has 0 saturated carbocycles. The van der Waals surface area contributed by atoms with Crippen LogP contribution in [-0.4, -0.2) is 17.2 Å². The normalized spacial score (nSPS) is 11.8. The third-order valence-corrected chi connectivity index (χ3v) is 2.78. The number of rotatable bonds is 4. The number of aromatic hydroxyl groups is 1. The highest BCUT2D eigenvalue weighted by atomic mass is 16.5. The first-order valence-corrected chi connectivity index (χ1v) is 5.91. The molecule has 1 amide bonds. The largest absolute Gasteiger partial charge is 0.506 e. The fourth-order valence-corrected chi connectivity index (χ4v) is 1.88. The molecule has 2 N–H and O–H groups in total. The van der Waals surface area contributed by atoms with Crippen molar-refractivity contribution in [2.75, 3.05) is 0 Å². The zero-order valence-electron chi connectivity index (χ0n) is 10.6. The van der Waals surface area contributed by atoms with Crippen LogP contribution >= 0.6 is 0 Å². The van der Waals surface area contributed by atoms with Crippen LogP contribution in [0.15, 0.2) is 49.2 Å². The minimum atomic E-state index is -0.504. The van der Waals surface area contributed by atoms with Crippen LogP contribution < -0.4 is 5.32 Å². The molecule has 1 atom stereocenters. The first kappa shape index (κ1) is 13.0. The van der Waals surface area contributed by atoms with Crippen molar-refractivity contribution in [3.63, 3.8) is 0 Å². The van der Waals surface area contributed by atoms with Crippen molar-refractivity contribution in [3.8, 4) is 5.75 Å². The van der Waals surface area contributed by atoms with E-state index >= 15 is 0 Å². The van der Waals surface area contributed by atoms with Crippen LogP contribution in [-0.2, 0) is 4.74 Å². The molecule has 0 spiro atoms. The van der Waals surface area contributed by atoms with Gasteiger partial charge in [-0.15, -0.1) is 0 Å². The summed E-state index contributed by atoms with van der Waals surface area (Å²) in [7, 11) is 0. The monoisotopic (exact) mass is 257 g/mol. The number of carbonyl (C=O) groups excluding carboxylic acids is 1. The standard InChI is InChI=1S/C15H15NO3/c1-3-19-10(2)16-15(18)13-9-8-11-6-4-5-7-12(11)14(13)17/h3-10,17H,1H2,2H3,(H,16,18). The molecule has 0 saturated heterocycles. The summed E-state index contributed by atoms with van der Waals surface area (Å²) in [5.74, 6) is -0.418. The first-order valence-electron chi connectivity index (χ1n) is 5.91. The van der Waals surface area contributed by atoms with Gasteiger partial charge < -0.3 is 15.2 Å². The average molecular weight is 257 g/mol. The molecule has 19 heavy (non-hydrogen) atoms. The number of hydrogen-bond donors (Lipinski definition) is 2. The maximum atomic E-state index is 12.0. The van der Waals surface area contributed by atoms with E-state index < -0.39 is 12.1 Å². The predicted octanol–water partition coefficient (Wildman–Crippen LogP) is 2.78. The lowest BCUT2D eigenvalue weighted by atomic mass is 10.0. The number of nitrogens with one attached hydrogen (secondary N) is 1. The van der Waals surface area contributed by atoms with Gasteiger partial charge in [-0.1, -0.05) is 36.9 Å². The molecule has 0 aliphatic rings. The summed E-state index contributed by atoms with van der Waals surface area (Å²) in [6.07, 6.45) is 0.751. The lowest BCUT2D eigenvalue weighted by Crippen LogP contribution is -2.33. The quantitative estimate of drug-likeness (QED) is 0.654. The number of amides is 1. The van der Waals surface area contributed by atoms with E-state index in [4.69, 9.17) is 4.74 Å². The number of phenolic OH excluding ortho intramolecular Hbond substituents is 1. The molecule has 0 aromatic heterocycles. The van der Waals surface area contributed by atoms with Crippen molar-refractivity contribution < 1.29 is 14.6 Å². The molecule has 1 unspecified atom stereocenters. The zero-order valence-corrected chi connectivity index (χ0v) is 10.6. The Balaban J connectivity index is 2.32. The topological polar surface area (TPSA) is 58.6 Å². The van der Waals surface area contributed by atoms with Gasteiger partial charge in [0.05, 0.1) is 11.8 Å². The van der Waals surface area contributed by atoms with Crippen LogP contribution in [0.4, 0.5) is 0 Å². The average Bonchev–Trinajstić information content (AvgIpc) is 2.39. The van der Waals surface area contributed by atoms with Crippen molar-refractivity contribution in [2.45, 2.75) is 13.2 Å². The Labute approximate surface area is 111 Å². The molecule has 98 valence electrons. The van der Waals surface area contributed by atoms with Gasteiger partial charge in [0.25, 0.3) is 5.91 Å². The maximum absolute atomic E-state index is 12.0. The Bertz CT molecular complexity index is 622. The Morgan fingerprint density at radius 3 is 2.84 bits per heavy atom. The minimum absolute atomic E-state index is 0.0265. The van der Waals surface area contributed by atoms with Gasteiger partial charge in [-0.3, -0.25) is 4.79 Å². The lowest BCUT2D eigenvalue weighted by Gasteiger charge is -2.14. The highest BCUT2D eigenvalue weighted by Gasteiger charge is 2.15. The summed E-state index contributed by atoms with van der Waals surface area (Å²) < 4.78 is 5.01. The molecule has 2 rings (SSSR count). The zero-order chi connectivity index (χ0) is 13.8. The van der Waals surface area contributed by atoms with Crippen LogP contribution in [0.1, 0.15) is 17.3 Å². The predicted molar refractivity (Wildman–Crippen MR) is 73.8 cm³/mol. The van der Waals surface area contributed by atoms with E-state index in [0.717, 1.165) is 5.39 Å². The minimum Gasteiger partial charge on any atom is -0.506 e. The van der Waals surface area contributed by atoms with Gasteiger partial charge in [0.15, 0.2) is 6.23 Å². The van der Waals surface area contributed by atoms with Gasteiger partial charge in [0.2, 0.25) is 0 Å². The number of fused-ring (bicyclic) bond motifs is 1. The summed E-state index contributed by atoms with van der Waals surface area (Å²) in [6, 6.07) is 10.7. The Morgan fingerprint density at radius 1 is 1.37 bits per heavy atom. The van der Waals surface area contributed by atoms with Crippen LogP contribution in [0.5, 0.6) is 5.75 Å². The highest BCUT2D eigenvalue weighted by molar-refractivity contribution is 6.03. The lowest BCUT2D eigenvalue weighted by molar-refractivity contribution is 0.0775. The van der Waals surface area contributed by atoms with Crippen molar-refractivity contribution in [1.82, 2.24) is 5.32 Å². The molecule has 2 aromatic carbocycles. The SMILES string of the molecule is C=COC(C)NC(=O)c1ccc2ccccc2c1O. The molecule has 0 aliphatic carbocycles. The Morgan fingerprint density at radius 2 is 2.11 bits per heavy atom. The second kappa shape index (κ2) is 5.44. The van der Waals surface area contributed by atoms with Crippen LogP contribution in [0.25, 0.3) is 10.8 Å². The van der Waals surface area contributed by atoms with Crippen molar-refractivity contribution >= 4 is 16.7 Å². The molecule has 0 bridgehead atoms. The first-order chi connectivity index (χ1) is 9.13. The molecule has 0 radical (unpaired) electrons. The Hall–Kier alpha value is -2.49. The molecule has 0 fully saturated rings. The summed E-state index contributed by atoms with van der Waals surface area (Å²) in [6.45, 7) is 5.09. The fourth-order valence-electron chi connectivity index (χ4n) is 1.88. The van der Waals surface area contributed by atoms with Gasteiger partial charge >= 0.3 is 0 Å². The number of phenols is 1. The van der Waals surface area contributed by atoms with Crippen LogP contribution in [0, 0.1) is 0 Å². The van der Waals surface area contributed by atoms with Gasteiger partial charge in [0, 0.05) is 5.39 Å². The summed E-state index contributed by atoms with van der Waals surface area (Å²) in [4.78, 5) is 12.0. The smallest absolute Gasteiger partial charge is 0.257 e. The molecule has 0 heterocycles. The number of hydrogen-bond acceptors (Lipinski definition) is 3. The van der Waals surface area contributed by atoms with Crippen molar-refractivity contribution in [2.24, 2.45) is 0 Å². The van der Waals surface area contributed by atoms with Crippen LogP contribution in [0.3, 0.4) is 0 Å². The summed E-state index contributed by atoms with van der Waals surface area (Å²) in [5, 5.41) is 14.3. The number of carbonyl (C=O) groups is 1. The molecular formula is C15H15NO3. The van der Waals surface area contributed by atoms with E-state index in [1.807, 2.05) is 18.2 Å². The third kappa shape index (κ3) is 2.68. The fraction of sp³-hybridized carbons (Fsp3) is 0.133. The number of ether oxygens (including phenoxy) is 1. The highest BCUT2D eigenvalue weighted by Crippen LogP contribution is 2.28. The second-order valence-electron chi connectivity index (χ2n) is 4.10. The third-order valence-electron chi connectivity index (χ3n) is 2.78. The van der Waals surface area contributed by atoms with Crippen molar-refractivity contribution in [3.05, 3.63) is 54.8 Å². The summed E-state index contributed by atoms with van der Waals surface area (Å²) >= 11 is 0. The van der Waals surface area contributed by atoms with Gasteiger partial charge in [0.1, 0.15) is 5.75 Å². The van der Waals surface area contributed by atoms with E-state index in [-0.39, 0.29) is 11.3 Å². The molecule has 2 aromatic rings. The van der Waals surface area contributed by atoms with E-state index in [0.29, 0.717) is 5.39 Å². The second-order valence-corrected chi connectivity index (χ2v) is 4.10. The van der Waals surface area contributed by atoms with Crippen molar-refractivity contribution in [1.29, 1.82) is 0 Å². The summed E-state index contributed by atoms with van der Waals surface area (Å²) in [5.41, 5.74) is 0.221. The van der Waals surface area contributed by atoms with E-state index in [2.05, 4.69) is 11.9 Å². The van der Waals surface area contributed by atoms with Gasteiger partial charge in [-0.25, -0.2) is 0 Å². The Kier molecular flexibility index (Phi) is 3.71. The molecule has 4 heteroatoms. The molecule has 4 nitrogen and oxygen atoms in total. The number of benzene rings is 2. The van der Waals surface area contributed by atoms with E-state index in [1.165, 1.54) is 6.26 Å². The van der Waals surface area contributed by atoms with Gasteiger partial charge in [-0.05, 0) is 18.4 Å². The molecule has 0 aliphatic heterocycles.